The van der Waals surface area contributed by atoms with Crippen molar-refractivity contribution in [1.82, 2.24) is 26.2 Å². The Labute approximate surface area is 215 Å². The molecule has 1 saturated heterocycles. The minimum absolute atomic E-state index is 0.0293. The Balaban J connectivity index is 1.53. The first kappa shape index (κ1) is 26.6. The predicted molar refractivity (Wildman–Crippen MR) is 140 cm³/mol. The van der Waals surface area contributed by atoms with Gasteiger partial charge < -0.3 is 26.2 Å². The molecule has 1 aliphatic heterocycles. The fourth-order valence-electron chi connectivity index (χ4n) is 6.15. The molecule has 3 aliphatic rings. The molecule has 0 bridgehead atoms. The van der Waals surface area contributed by atoms with Gasteiger partial charge in [-0.05, 0) is 76.6 Å². The summed E-state index contributed by atoms with van der Waals surface area (Å²) in [4.78, 5) is 42.2. The predicted octanol–water partition coefficient (Wildman–Crippen LogP) is 2.04. The first-order valence-corrected chi connectivity index (χ1v) is 13.8. The maximum Gasteiger partial charge on any atom is 0.246 e. The highest BCUT2D eigenvalue weighted by atomic mass is 16.2. The molecule has 8 nitrogen and oxygen atoms in total. The molecule has 8 heteroatoms. The largest absolute Gasteiger partial charge is 0.347 e. The number of nitrogens with zero attached hydrogens (tertiary/aromatic N) is 1. The average molecular weight is 498 g/mol. The smallest absolute Gasteiger partial charge is 0.246 e. The fraction of sp³-hybridized carbons (Fsp3) is 0.679. The number of likely N-dealkylation sites (N-methyl/N-ethyl adjacent to an activating group) is 2. The molecule has 1 aromatic rings. The van der Waals surface area contributed by atoms with Crippen LogP contribution in [0.4, 0.5) is 0 Å². The van der Waals surface area contributed by atoms with Crippen molar-refractivity contribution >= 4 is 17.7 Å². The monoisotopic (exact) mass is 497 g/mol. The topological polar surface area (TPSA) is 103 Å². The summed E-state index contributed by atoms with van der Waals surface area (Å²) in [6.07, 6.45) is 8.68. The Kier molecular flexibility index (Phi) is 9.01. The number of aryl methyl sites for hydroxylation is 1. The highest BCUT2D eigenvalue weighted by molar-refractivity contribution is 5.94. The molecule has 4 rings (SSSR count). The van der Waals surface area contributed by atoms with Gasteiger partial charge in [0.25, 0.3) is 0 Å². The van der Waals surface area contributed by atoms with E-state index in [1.54, 1.807) is 18.9 Å². The van der Waals surface area contributed by atoms with Gasteiger partial charge in [0.15, 0.2) is 0 Å². The Morgan fingerprint density at radius 1 is 1.00 bits per heavy atom. The molecular weight excluding hydrogens is 454 g/mol. The van der Waals surface area contributed by atoms with Gasteiger partial charge in [0, 0.05) is 12.6 Å². The lowest BCUT2D eigenvalue weighted by Crippen LogP contribution is -2.58. The number of hydrogen-bond acceptors (Lipinski definition) is 5. The summed E-state index contributed by atoms with van der Waals surface area (Å²) in [5, 5.41) is 12.6. The summed E-state index contributed by atoms with van der Waals surface area (Å²) in [6, 6.07) is 6.79. The summed E-state index contributed by atoms with van der Waals surface area (Å²) in [6.45, 7) is 2.26. The number of carbonyl (C=O) groups is 3. The molecule has 198 valence electrons. The second-order valence-corrected chi connectivity index (χ2v) is 10.8. The number of carbonyl (C=O) groups excluding carboxylic acids is 3. The van der Waals surface area contributed by atoms with Gasteiger partial charge in [-0.2, -0.15) is 0 Å². The average Bonchev–Trinajstić information content (AvgIpc) is 3.36. The van der Waals surface area contributed by atoms with E-state index in [1.807, 2.05) is 19.2 Å². The highest BCUT2D eigenvalue weighted by Crippen LogP contribution is 2.32. The van der Waals surface area contributed by atoms with E-state index in [0.29, 0.717) is 13.0 Å². The number of fused-ring (bicyclic) bond motifs is 1. The zero-order valence-electron chi connectivity index (χ0n) is 22.0. The lowest BCUT2D eigenvalue weighted by Gasteiger charge is -2.35. The van der Waals surface area contributed by atoms with Crippen LogP contribution in [0.5, 0.6) is 0 Å². The summed E-state index contributed by atoms with van der Waals surface area (Å²) in [7, 11) is 3.61. The second-order valence-electron chi connectivity index (χ2n) is 10.8. The van der Waals surface area contributed by atoms with Crippen LogP contribution in [0.15, 0.2) is 24.3 Å². The number of rotatable bonds is 8. The van der Waals surface area contributed by atoms with Crippen molar-refractivity contribution in [2.45, 2.75) is 94.9 Å². The van der Waals surface area contributed by atoms with Crippen molar-refractivity contribution in [3.8, 4) is 0 Å². The van der Waals surface area contributed by atoms with Gasteiger partial charge in [0.2, 0.25) is 17.7 Å². The lowest BCUT2D eigenvalue weighted by atomic mass is 9.83. The van der Waals surface area contributed by atoms with Gasteiger partial charge >= 0.3 is 0 Å². The third-order valence-corrected chi connectivity index (χ3v) is 8.49. The van der Waals surface area contributed by atoms with Gasteiger partial charge in [-0.15, -0.1) is 0 Å². The van der Waals surface area contributed by atoms with Crippen molar-refractivity contribution in [2.75, 3.05) is 20.6 Å². The standard InChI is InChI=1S/C28H43N5O3/c1-18(29-2)26(34)32-25(20-11-5-4-6-12-20)28(36)33-17-21(30-3)16-24(33)27(35)31-23-15-9-13-19-10-7-8-14-22(19)23/h7-8,10,14,18,20-21,23-25,29-30H,4-6,9,11-13,15-17H2,1-3H3,(H,31,35)(H,32,34). The van der Waals surface area contributed by atoms with Crippen LogP contribution >= 0.6 is 0 Å². The summed E-state index contributed by atoms with van der Waals surface area (Å²) < 4.78 is 0. The summed E-state index contributed by atoms with van der Waals surface area (Å²) >= 11 is 0. The van der Waals surface area contributed by atoms with E-state index >= 15 is 0 Å². The van der Waals surface area contributed by atoms with Crippen LogP contribution in [0.1, 0.15) is 75.5 Å². The SMILES string of the molecule is CNC1CC(C(=O)NC2CCCc3ccccc32)N(C(=O)C(NC(=O)C(C)NC)C2CCCCC2)C1. The van der Waals surface area contributed by atoms with E-state index in [-0.39, 0.29) is 35.7 Å². The number of amides is 3. The quantitative estimate of drug-likeness (QED) is 0.440. The Hall–Kier alpha value is -2.45. The minimum Gasteiger partial charge on any atom is -0.347 e. The van der Waals surface area contributed by atoms with Crippen LogP contribution in [-0.2, 0) is 20.8 Å². The molecule has 2 fully saturated rings. The molecule has 0 radical (unpaired) electrons. The number of hydrogen-bond donors (Lipinski definition) is 4. The van der Waals surface area contributed by atoms with Gasteiger partial charge in [0.05, 0.1) is 12.1 Å². The maximum absolute atomic E-state index is 14.0. The van der Waals surface area contributed by atoms with E-state index in [1.165, 1.54) is 11.1 Å². The molecule has 0 aromatic heterocycles. The first-order chi connectivity index (χ1) is 17.4. The van der Waals surface area contributed by atoms with Crippen LogP contribution in [0.2, 0.25) is 0 Å². The fourth-order valence-corrected chi connectivity index (χ4v) is 6.15. The second kappa shape index (κ2) is 12.2. The molecular formula is C28H43N5O3. The third-order valence-electron chi connectivity index (χ3n) is 8.49. The van der Waals surface area contributed by atoms with Crippen LogP contribution in [0.25, 0.3) is 0 Å². The number of nitrogens with one attached hydrogen (secondary N) is 4. The molecule has 0 spiro atoms. The van der Waals surface area contributed by atoms with Crippen molar-refractivity contribution < 1.29 is 14.4 Å². The molecule has 1 saturated carbocycles. The van der Waals surface area contributed by atoms with Crippen LogP contribution in [0, 0.1) is 5.92 Å². The molecule has 1 heterocycles. The van der Waals surface area contributed by atoms with E-state index in [2.05, 4.69) is 33.4 Å². The van der Waals surface area contributed by atoms with Gasteiger partial charge in [0.1, 0.15) is 12.1 Å². The molecule has 2 aliphatic carbocycles. The molecule has 36 heavy (non-hydrogen) atoms. The molecule has 5 atom stereocenters. The van der Waals surface area contributed by atoms with Crippen LogP contribution < -0.4 is 21.3 Å². The molecule has 5 unspecified atom stereocenters. The van der Waals surface area contributed by atoms with E-state index < -0.39 is 18.1 Å². The Morgan fingerprint density at radius 2 is 1.75 bits per heavy atom. The minimum atomic E-state index is -0.602. The van der Waals surface area contributed by atoms with Crippen LogP contribution in [0.3, 0.4) is 0 Å². The Bertz CT molecular complexity index is 932. The molecule has 4 N–H and O–H groups in total. The van der Waals surface area contributed by atoms with Gasteiger partial charge in [-0.3, -0.25) is 14.4 Å². The van der Waals surface area contributed by atoms with E-state index in [4.69, 9.17) is 0 Å². The molecule has 3 amide bonds. The first-order valence-electron chi connectivity index (χ1n) is 13.8. The van der Waals surface area contributed by atoms with Crippen molar-refractivity contribution in [2.24, 2.45) is 5.92 Å². The third kappa shape index (κ3) is 5.92. The van der Waals surface area contributed by atoms with Gasteiger partial charge in [-0.1, -0.05) is 43.5 Å². The highest BCUT2D eigenvalue weighted by Gasteiger charge is 2.44. The van der Waals surface area contributed by atoms with Crippen molar-refractivity contribution in [1.29, 1.82) is 0 Å². The van der Waals surface area contributed by atoms with Crippen molar-refractivity contribution in [3.63, 3.8) is 0 Å². The normalized spacial score (nSPS) is 26.1. The Morgan fingerprint density at radius 3 is 2.47 bits per heavy atom. The zero-order chi connectivity index (χ0) is 25.7. The maximum atomic E-state index is 14.0. The van der Waals surface area contributed by atoms with Crippen molar-refractivity contribution in [3.05, 3.63) is 35.4 Å². The molecule has 1 aromatic carbocycles. The lowest BCUT2D eigenvalue weighted by molar-refractivity contribution is -0.143. The zero-order valence-corrected chi connectivity index (χ0v) is 22.0. The summed E-state index contributed by atoms with van der Waals surface area (Å²) in [5.41, 5.74) is 2.48. The van der Waals surface area contributed by atoms with Crippen LogP contribution in [-0.4, -0.2) is 67.4 Å². The van der Waals surface area contributed by atoms with E-state index in [0.717, 1.165) is 51.4 Å². The van der Waals surface area contributed by atoms with Gasteiger partial charge in [-0.25, -0.2) is 0 Å². The number of likely N-dealkylation sites (tertiary alicyclic amines) is 1. The summed E-state index contributed by atoms with van der Waals surface area (Å²) in [5.74, 6) is -0.298. The number of benzene rings is 1. The van der Waals surface area contributed by atoms with E-state index in [9.17, 15) is 14.4 Å².